The molecule has 0 bridgehead atoms. The summed E-state index contributed by atoms with van der Waals surface area (Å²) in [6.45, 7) is -0.425. The number of carbonyl (C=O) groups is 1. The summed E-state index contributed by atoms with van der Waals surface area (Å²) in [5.41, 5.74) is -1.69. The lowest BCUT2D eigenvalue weighted by molar-refractivity contribution is -0.125. The van der Waals surface area contributed by atoms with Crippen LogP contribution in [-0.4, -0.2) is 63.7 Å². The molecule has 2 heterocycles. The Balaban J connectivity index is 2.18. The van der Waals surface area contributed by atoms with Gasteiger partial charge in [0.2, 0.25) is 5.91 Å². The summed E-state index contributed by atoms with van der Waals surface area (Å²) in [7, 11) is 4.02. The van der Waals surface area contributed by atoms with Gasteiger partial charge in [-0.1, -0.05) is 29.7 Å². The highest BCUT2D eigenvalue weighted by Gasteiger charge is 2.44. The van der Waals surface area contributed by atoms with Crippen molar-refractivity contribution in [3.8, 4) is 11.8 Å². The van der Waals surface area contributed by atoms with E-state index in [1.165, 1.54) is 0 Å². The zero-order valence-corrected chi connectivity index (χ0v) is 18.2. The van der Waals surface area contributed by atoms with Gasteiger partial charge < -0.3 is 24.8 Å². The lowest BCUT2D eigenvalue weighted by Gasteiger charge is -2.17. The number of ether oxygens (including phenoxy) is 1. The van der Waals surface area contributed by atoms with Gasteiger partial charge in [0.1, 0.15) is 30.5 Å². The Morgan fingerprint density at radius 1 is 1.41 bits per heavy atom. The van der Waals surface area contributed by atoms with Crippen LogP contribution in [0.3, 0.4) is 0 Å². The maximum Gasteiger partial charge on any atom is 0.330 e. The third-order valence-electron chi connectivity index (χ3n) is 3.78. The number of aromatic nitrogens is 2. The molecule has 1 aromatic heterocycles. The van der Waals surface area contributed by atoms with E-state index in [2.05, 4.69) is 44.8 Å². The molecule has 0 saturated carbocycles. The van der Waals surface area contributed by atoms with Gasteiger partial charge in [-0.3, -0.25) is 24.0 Å². The van der Waals surface area contributed by atoms with E-state index in [1.54, 1.807) is 0 Å². The first-order valence-corrected chi connectivity index (χ1v) is 12.6. The molecule has 0 radical (unpaired) electrons. The highest BCUT2D eigenvalue weighted by molar-refractivity contribution is 8.41. The standard InChI is InChI=1S/C14H21N4O8P3/c15-24-6-9(19)16-3-1-2-7-4-18(14(23)17-12(7)22)13-11(21)10(20)8(26-13)5-25-29(27)28/h4,8,10-11,13,20-21H,3,5-6,15,27-28H2,(H,16,19)(H,17,22,23). The van der Waals surface area contributed by atoms with Gasteiger partial charge in [0, 0.05) is 6.20 Å². The van der Waals surface area contributed by atoms with Crippen LogP contribution in [0.5, 0.6) is 0 Å². The first-order valence-electron chi connectivity index (χ1n) is 8.11. The number of nitrogens with two attached hydrogens (primary N) is 1. The number of nitrogens with zero attached hydrogens (tertiary/aromatic N) is 1. The summed E-state index contributed by atoms with van der Waals surface area (Å²) >= 11 is 0. The molecule has 1 fully saturated rings. The van der Waals surface area contributed by atoms with E-state index in [4.69, 9.17) is 15.2 Å². The Bertz CT molecular complexity index is 895. The smallest absolute Gasteiger partial charge is 0.330 e. The lowest BCUT2D eigenvalue weighted by atomic mass is 10.1. The monoisotopic (exact) mass is 466 g/mol. The van der Waals surface area contributed by atoms with E-state index in [1.807, 2.05) is 0 Å². The molecule has 12 nitrogen and oxygen atoms in total. The Hall–Kier alpha value is -1.24. The van der Waals surface area contributed by atoms with Crippen molar-refractivity contribution in [2.24, 2.45) is 5.90 Å². The highest BCUT2D eigenvalue weighted by Crippen LogP contribution is 2.53. The molecule has 1 aromatic rings. The fraction of sp³-hybridized carbons (Fsp3) is 0.500. The van der Waals surface area contributed by atoms with Crippen molar-refractivity contribution >= 4 is 31.3 Å². The van der Waals surface area contributed by atoms with E-state index < -0.39 is 49.2 Å². The normalized spacial score (nSPS) is 23.7. The number of rotatable bonds is 7. The fourth-order valence-corrected chi connectivity index (χ4v) is 3.26. The minimum Gasteiger partial charge on any atom is -0.387 e. The van der Waals surface area contributed by atoms with E-state index in [-0.39, 0.29) is 25.3 Å². The SMILES string of the molecule is NOCC(=O)NCC#Cc1cn(C2OC(COP(P)P)C(O)C2O)c(=O)[nH]c1=O. The minimum absolute atomic E-state index is 0.00437. The van der Waals surface area contributed by atoms with Crippen LogP contribution in [0.4, 0.5) is 0 Å². The highest BCUT2D eigenvalue weighted by atomic mass is 32.4. The summed E-state index contributed by atoms with van der Waals surface area (Å²) in [5, 5.41) is 22.8. The zero-order valence-electron chi connectivity index (χ0n) is 15.0. The van der Waals surface area contributed by atoms with Crippen LogP contribution in [0.1, 0.15) is 11.8 Å². The summed E-state index contributed by atoms with van der Waals surface area (Å²) in [6, 6.07) is 0. The molecule has 6 atom stereocenters. The Morgan fingerprint density at radius 3 is 2.79 bits per heavy atom. The molecule has 160 valence electrons. The summed E-state index contributed by atoms with van der Waals surface area (Å²) in [6.07, 6.45) is -3.72. The van der Waals surface area contributed by atoms with Crippen molar-refractivity contribution in [1.29, 1.82) is 0 Å². The number of aliphatic hydroxyl groups excluding tert-OH is 2. The number of hydrogen-bond donors (Lipinski definition) is 5. The summed E-state index contributed by atoms with van der Waals surface area (Å²) in [4.78, 5) is 41.6. The Kier molecular flexibility index (Phi) is 9.31. The lowest BCUT2D eigenvalue weighted by Crippen LogP contribution is -2.38. The van der Waals surface area contributed by atoms with Gasteiger partial charge in [-0.05, 0) is 0 Å². The van der Waals surface area contributed by atoms with Crippen molar-refractivity contribution < 1.29 is 29.1 Å². The largest absolute Gasteiger partial charge is 0.387 e. The van der Waals surface area contributed by atoms with Gasteiger partial charge in [-0.15, -0.1) is 0 Å². The van der Waals surface area contributed by atoms with E-state index >= 15 is 0 Å². The summed E-state index contributed by atoms with van der Waals surface area (Å²) < 4.78 is 11.9. The molecular weight excluding hydrogens is 445 g/mol. The second kappa shape index (κ2) is 11.2. The minimum atomic E-state index is -1.43. The van der Waals surface area contributed by atoms with Gasteiger partial charge in [0.25, 0.3) is 5.56 Å². The predicted octanol–water partition coefficient (Wildman–Crippen LogP) is -2.49. The number of amides is 1. The first-order chi connectivity index (χ1) is 13.7. The van der Waals surface area contributed by atoms with Crippen molar-refractivity contribution in [2.75, 3.05) is 19.8 Å². The molecule has 0 aliphatic carbocycles. The Labute approximate surface area is 170 Å². The molecule has 6 N–H and O–H groups in total. The molecule has 1 aliphatic heterocycles. The van der Waals surface area contributed by atoms with Crippen LogP contribution < -0.4 is 22.5 Å². The zero-order chi connectivity index (χ0) is 21.6. The van der Waals surface area contributed by atoms with Crippen LogP contribution in [0.15, 0.2) is 15.8 Å². The maximum absolute atomic E-state index is 12.2. The number of hydrogen-bond acceptors (Lipinski definition) is 9. The van der Waals surface area contributed by atoms with Crippen LogP contribution in [0, 0.1) is 11.8 Å². The van der Waals surface area contributed by atoms with Gasteiger partial charge >= 0.3 is 5.69 Å². The quantitative estimate of drug-likeness (QED) is 0.165. The van der Waals surface area contributed by atoms with E-state index in [9.17, 15) is 24.6 Å². The van der Waals surface area contributed by atoms with Crippen molar-refractivity contribution in [3.05, 3.63) is 32.6 Å². The number of nitrogens with one attached hydrogen (secondary N) is 2. The second-order valence-corrected chi connectivity index (χ2v) is 11.6. The molecule has 1 aliphatic rings. The van der Waals surface area contributed by atoms with Crippen LogP contribution in [0.25, 0.3) is 0 Å². The number of carbonyl (C=O) groups excluding carboxylic acids is 1. The number of aliphatic hydroxyl groups is 2. The van der Waals surface area contributed by atoms with Crippen LogP contribution in [0.2, 0.25) is 0 Å². The average Bonchev–Trinajstić information content (AvgIpc) is 2.93. The molecule has 6 unspecified atom stereocenters. The van der Waals surface area contributed by atoms with Gasteiger partial charge in [0.15, 0.2) is 6.23 Å². The molecule has 2 rings (SSSR count). The first kappa shape index (κ1) is 24.0. The molecule has 0 aromatic carbocycles. The Morgan fingerprint density at radius 2 is 2.14 bits per heavy atom. The predicted molar refractivity (Wildman–Crippen MR) is 110 cm³/mol. The second-order valence-electron chi connectivity index (χ2n) is 5.80. The van der Waals surface area contributed by atoms with Crippen LogP contribution >= 0.6 is 25.4 Å². The topological polar surface area (TPSA) is 178 Å². The molecular formula is C14H21N4O8P3. The third-order valence-corrected chi connectivity index (χ3v) is 5.12. The number of H-pyrrole nitrogens is 1. The molecule has 1 saturated heterocycles. The van der Waals surface area contributed by atoms with Crippen LogP contribution in [-0.2, 0) is 18.9 Å². The molecule has 0 spiro atoms. The van der Waals surface area contributed by atoms with Gasteiger partial charge in [-0.25, -0.2) is 10.7 Å². The van der Waals surface area contributed by atoms with Crippen molar-refractivity contribution in [1.82, 2.24) is 14.9 Å². The average molecular weight is 466 g/mol. The van der Waals surface area contributed by atoms with E-state index in [0.717, 1.165) is 10.8 Å². The fourth-order valence-electron chi connectivity index (χ4n) is 2.43. The van der Waals surface area contributed by atoms with Gasteiger partial charge in [0.05, 0.1) is 20.7 Å². The summed E-state index contributed by atoms with van der Waals surface area (Å²) in [5.74, 6) is 9.32. The van der Waals surface area contributed by atoms with Crippen molar-refractivity contribution in [2.45, 2.75) is 24.5 Å². The number of aromatic amines is 1. The van der Waals surface area contributed by atoms with Crippen molar-refractivity contribution in [3.63, 3.8) is 0 Å². The third kappa shape index (κ3) is 6.63. The molecule has 29 heavy (non-hydrogen) atoms. The molecule has 1 amide bonds. The van der Waals surface area contributed by atoms with E-state index in [0.29, 0.717) is 0 Å². The van der Waals surface area contributed by atoms with Gasteiger partial charge in [-0.2, -0.15) is 0 Å². The maximum atomic E-state index is 12.2. The molecule has 15 heteroatoms.